The molecular formula is C33H39N3O5. The molecule has 3 aromatic carbocycles. The molecule has 0 saturated carbocycles. The molecule has 0 unspecified atom stereocenters. The van der Waals surface area contributed by atoms with Crippen LogP contribution in [0.15, 0.2) is 72.8 Å². The summed E-state index contributed by atoms with van der Waals surface area (Å²) < 4.78 is 10.9. The van der Waals surface area contributed by atoms with E-state index in [-0.39, 0.29) is 18.4 Å². The van der Waals surface area contributed by atoms with Crippen molar-refractivity contribution < 1.29 is 23.9 Å². The fraction of sp³-hybridized carbons (Fsp3) is 0.364. The third kappa shape index (κ3) is 8.33. The van der Waals surface area contributed by atoms with Gasteiger partial charge in [-0.2, -0.15) is 0 Å². The first kappa shape index (κ1) is 29.6. The number of aryl methyl sites for hydroxylation is 1. The van der Waals surface area contributed by atoms with Crippen molar-refractivity contribution in [1.29, 1.82) is 0 Å². The summed E-state index contributed by atoms with van der Waals surface area (Å²) in [5, 5.41) is 8.37. The van der Waals surface area contributed by atoms with Gasteiger partial charge in [0.15, 0.2) is 0 Å². The van der Waals surface area contributed by atoms with Crippen LogP contribution in [0, 0.1) is 6.92 Å². The van der Waals surface area contributed by atoms with Crippen LogP contribution in [0.25, 0.3) is 11.1 Å². The van der Waals surface area contributed by atoms with Crippen molar-refractivity contribution in [1.82, 2.24) is 10.6 Å². The Morgan fingerprint density at radius 3 is 2.05 bits per heavy atom. The molecule has 0 aromatic heterocycles. The summed E-state index contributed by atoms with van der Waals surface area (Å²) in [6.45, 7) is 7.94. The molecule has 1 aliphatic rings. The Hall–Kier alpha value is -4.33. The van der Waals surface area contributed by atoms with Crippen LogP contribution in [0.2, 0.25) is 0 Å². The summed E-state index contributed by atoms with van der Waals surface area (Å²) in [4.78, 5) is 38.0. The van der Waals surface area contributed by atoms with Crippen molar-refractivity contribution in [3.63, 3.8) is 0 Å². The maximum absolute atomic E-state index is 13.2. The molecule has 216 valence electrons. The van der Waals surface area contributed by atoms with Crippen molar-refractivity contribution in [3.05, 3.63) is 89.5 Å². The van der Waals surface area contributed by atoms with Gasteiger partial charge < -0.3 is 25.4 Å². The van der Waals surface area contributed by atoms with Crippen molar-refractivity contribution in [2.45, 2.75) is 64.5 Å². The molecule has 0 fully saturated rings. The first-order valence-electron chi connectivity index (χ1n) is 14.1. The van der Waals surface area contributed by atoms with Gasteiger partial charge in [0.2, 0.25) is 5.91 Å². The van der Waals surface area contributed by atoms with Gasteiger partial charge in [-0.1, -0.05) is 66.2 Å². The number of benzene rings is 3. The predicted octanol–water partition coefficient (Wildman–Crippen LogP) is 6.54. The van der Waals surface area contributed by atoms with Crippen LogP contribution in [-0.4, -0.2) is 42.9 Å². The van der Waals surface area contributed by atoms with E-state index in [4.69, 9.17) is 9.47 Å². The molecule has 41 heavy (non-hydrogen) atoms. The van der Waals surface area contributed by atoms with Gasteiger partial charge in [0.25, 0.3) is 0 Å². The second-order valence-corrected chi connectivity index (χ2v) is 11.3. The number of hydrogen-bond acceptors (Lipinski definition) is 5. The highest BCUT2D eigenvalue weighted by atomic mass is 16.6. The van der Waals surface area contributed by atoms with Crippen LogP contribution < -0.4 is 16.0 Å². The van der Waals surface area contributed by atoms with Crippen molar-refractivity contribution in [2.24, 2.45) is 0 Å². The Kier molecular flexibility index (Phi) is 9.65. The number of nitrogens with one attached hydrogen (secondary N) is 3. The SMILES string of the molecule is Cc1ccc(NC(=O)[C@H](CCCCNC(=O)OC(C)(C)C)NC(=O)OCC2c3ccccc3-c3ccccc32)cc1. The van der Waals surface area contributed by atoms with Gasteiger partial charge in [0, 0.05) is 18.2 Å². The van der Waals surface area contributed by atoms with E-state index in [1.54, 1.807) is 20.8 Å². The zero-order valence-corrected chi connectivity index (χ0v) is 24.2. The maximum atomic E-state index is 13.2. The van der Waals surface area contributed by atoms with E-state index in [2.05, 4.69) is 40.2 Å². The van der Waals surface area contributed by atoms with Crippen LogP contribution in [0.4, 0.5) is 15.3 Å². The van der Waals surface area contributed by atoms with Gasteiger partial charge in [-0.25, -0.2) is 9.59 Å². The zero-order valence-electron chi connectivity index (χ0n) is 24.2. The molecule has 0 bridgehead atoms. The van der Waals surface area contributed by atoms with Crippen molar-refractivity contribution >= 4 is 23.8 Å². The highest BCUT2D eigenvalue weighted by Crippen LogP contribution is 2.44. The van der Waals surface area contributed by atoms with Crippen LogP contribution >= 0.6 is 0 Å². The van der Waals surface area contributed by atoms with Crippen LogP contribution in [0.5, 0.6) is 0 Å². The molecule has 1 atom stereocenters. The lowest BCUT2D eigenvalue weighted by atomic mass is 9.98. The minimum absolute atomic E-state index is 0.0769. The number of fused-ring (bicyclic) bond motifs is 3. The quantitative estimate of drug-likeness (QED) is 0.246. The largest absolute Gasteiger partial charge is 0.449 e. The van der Waals surface area contributed by atoms with E-state index >= 15 is 0 Å². The smallest absolute Gasteiger partial charge is 0.407 e. The Balaban J connectivity index is 1.35. The Morgan fingerprint density at radius 1 is 0.829 bits per heavy atom. The lowest BCUT2D eigenvalue weighted by Gasteiger charge is -2.21. The van der Waals surface area contributed by atoms with Crippen LogP contribution in [-0.2, 0) is 14.3 Å². The summed E-state index contributed by atoms with van der Waals surface area (Å²) >= 11 is 0. The van der Waals surface area contributed by atoms with E-state index in [0.717, 1.165) is 27.8 Å². The molecule has 0 aliphatic heterocycles. The highest BCUT2D eigenvalue weighted by molar-refractivity contribution is 5.96. The average Bonchev–Trinajstić information content (AvgIpc) is 3.25. The number of rotatable bonds is 10. The van der Waals surface area contributed by atoms with E-state index in [0.29, 0.717) is 31.5 Å². The lowest BCUT2D eigenvalue weighted by Crippen LogP contribution is -2.44. The van der Waals surface area contributed by atoms with E-state index in [9.17, 15) is 14.4 Å². The van der Waals surface area contributed by atoms with Gasteiger partial charge >= 0.3 is 12.2 Å². The molecule has 0 heterocycles. The molecular weight excluding hydrogens is 518 g/mol. The molecule has 8 heteroatoms. The van der Waals surface area contributed by atoms with Gasteiger partial charge in [-0.05, 0) is 81.3 Å². The first-order chi connectivity index (χ1) is 19.6. The monoisotopic (exact) mass is 557 g/mol. The fourth-order valence-corrected chi connectivity index (χ4v) is 4.90. The second kappa shape index (κ2) is 13.4. The lowest BCUT2D eigenvalue weighted by molar-refractivity contribution is -0.118. The zero-order chi connectivity index (χ0) is 29.4. The number of alkyl carbamates (subject to hydrolysis) is 2. The number of carbonyl (C=O) groups excluding carboxylic acids is 3. The minimum atomic E-state index is -0.812. The summed E-state index contributed by atoms with van der Waals surface area (Å²) in [5.41, 5.74) is 5.68. The van der Waals surface area contributed by atoms with Gasteiger partial charge in [-0.3, -0.25) is 4.79 Å². The highest BCUT2D eigenvalue weighted by Gasteiger charge is 2.30. The molecule has 0 radical (unpaired) electrons. The number of hydrogen-bond donors (Lipinski definition) is 3. The van der Waals surface area contributed by atoms with E-state index in [1.807, 2.05) is 55.5 Å². The first-order valence-corrected chi connectivity index (χ1v) is 14.1. The Bertz CT molecular complexity index is 1320. The predicted molar refractivity (Wildman–Crippen MR) is 160 cm³/mol. The molecule has 3 N–H and O–H groups in total. The van der Waals surface area contributed by atoms with Gasteiger partial charge in [0.1, 0.15) is 18.2 Å². The molecule has 3 aromatic rings. The number of anilines is 1. The summed E-state index contributed by atoms with van der Waals surface area (Å²) in [6.07, 6.45) is 0.439. The van der Waals surface area contributed by atoms with E-state index < -0.39 is 23.8 Å². The molecule has 0 saturated heterocycles. The molecule has 8 nitrogen and oxygen atoms in total. The minimum Gasteiger partial charge on any atom is -0.449 e. The van der Waals surface area contributed by atoms with Crippen LogP contribution in [0.3, 0.4) is 0 Å². The maximum Gasteiger partial charge on any atom is 0.407 e. The average molecular weight is 558 g/mol. The third-order valence-corrected chi connectivity index (χ3v) is 6.86. The van der Waals surface area contributed by atoms with E-state index in [1.165, 1.54) is 0 Å². The molecule has 1 aliphatic carbocycles. The summed E-state index contributed by atoms with van der Waals surface area (Å²) in [6, 6.07) is 22.9. The number of carbonyl (C=O) groups is 3. The summed E-state index contributed by atoms with van der Waals surface area (Å²) in [5.74, 6) is -0.408. The number of amides is 3. The fourth-order valence-electron chi connectivity index (χ4n) is 4.90. The topological polar surface area (TPSA) is 106 Å². The normalized spacial score (nSPS) is 13.0. The standard InChI is InChI=1S/C33H39N3O5/c1-22-16-18-23(19-17-22)35-30(37)29(15-9-10-20-34-31(38)41-33(2,3)4)36-32(39)40-21-28-26-13-7-5-11-24(26)25-12-6-8-14-27(25)28/h5-8,11-14,16-19,28-29H,9-10,15,20-21H2,1-4H3,(H,34,38)(H,35,37)(H,36,39)/t29-/m0/s1. The van der Waals surface area contributed by atoms with Gasteiger partial charge in [0.05, 0.1) is 0 Å². The number of ether oxygens (including phenoxy) is 2. The Labute approximate surface area is 241 Å². The van der Waals surface area contributed by atoms with Crippen molar-refractivity contribution in [3.8, 4) is 11.1 Å². The third-order valence-electron chi connectivity index (χ3n) is 6.86. The second-order valence-electron chi connectivity index (χ2n) is 11.3. The number of unbranched alkanes of at least 4 members (excludes halogenated alkanes) is 1. The molecule has 3 amide bonds. The van der Waals surface area contributed by atoms with Gasteiger partial charge in [-0.15, -0.1) is 0 Å². The van der Waals surface area contributed by atoms with Crippen molar-refractivity contribution in [2.75, 3.05) is 18.5 Å². The molecule has 0 spiro atoms. The summed E-state index contributed by atoms with van der Waals surface area (Å²) in [7, 11) is 0. The molecule has 4 rings (SSSR count). The van der Waals surface area contributed by atoms with Crippen LogP contribution in [0.1, 0.15) is 62.6 Å². The Morgan fingerprint density at radius 2 is 1.44 bits per heavy atom.